The fourth-order valence-electron chi connectivity index (χ4n) is 3.34. The number of hydrogen-bond donors (Lipinski definition) is 1. The minimum absolute atomic E-state index is 0.0540. The summed E-state index contributed by atoms with van der Waals surface area (Å²) < 4.78 is 59.0. The van der Waals surface area contributed by atoms with Gasteiger partial charge in [-0.2, -0.15) is 4.31 Å². The summed E-state index contributed by atoms with van der Waals surface area (Å²) in [5.74, 6) is -2.12. The number of nitrogens with one attached hydrogen (secondary N) is 1. The van der Waals surface area contributed by atoms with Gasteiger partial charge in [-0.05, 0) is 36.4 Å². The molecule has 1 fully saturated rings. The first-order valence-corrected chi connectivity index (χ1v) is 10.5. The van der Waals surface area contributed by atoms with E-state index in [1.165, 1.54) is 11.0 Å². The van der Waals surface area contributed by atoms with Crippen LogP contribution in [0.1, 0.15) is 10.4 Å². The highest BCUT2D eigenvalue weighted by Crippen LogP contribution is 2.29. The Bertz CT molecular complexity index is 1130. The molecule has 2 aliphatic heterocycles. The average molecular weight is 437 g/mol. The lowest BCUT2D eigenvalue weighted by Crippen LogP contribution is -2.50. The third kappa shape index (κ3) is 3.73. The van der Waals surface area contributed by atoms with Gasteiger partial charge in [-0.25, -0.2) is 17.2 Å². The van der Waals surface area contributed by atoms with Gasteiger partial charge >= 0.3 is 0 Å². The first-order chi connectivity index (χ1) is 14.3. The second kappa shape index (κ2) is 7.65. The van der Waals surface area contributed by atoms with Crippen LogP contribution in [0.2, 0.25) is 0 Å². The molecule has 0 radical (unpaired) electrons. The monoisotopic (exact) mass is 437 g/mol. The Labute approximate surface area is 171 Å². The Balaban J connectivity index is 1.46. The Hall–Kier alpha value is -3.05. The molecule has 0 unspecified atom stereocenters. The fraction of sp³-hybridized carbons (Fsp3) is 0.263. The molecule has 2 aliphatic rings. The van der Waals surface area contributed by atoms with Gasteiger partial charge in [-0.15, -0.1) is 0 Å². The number of sulfonamides is 1. The van der Waals surface area contributed by atoms with Crippen molar-refractivity contribution < 1.29 is 31.5 Å². The van der Waals surface area contributed by atoms with E-state index < -0.39 is 26.6 Å². The van der Waals surface area contributed by atoms with Crippen molar-refractivity contribution >= 4 is 27.5 Å². The van der Waals surface area contributed by atoms with Gasteiger partial charge in [-0.3, -0.25) is 9.59 Å². The van der Waals surface area contributed by atoms with E-state index in [9.17, 15) is 26.8 Å². The van der Waals surface area contributed by atoms with E-state index in [4.69, 9.17) is 4.74 Å². The number of carbonyl (C=O) groups is 2. The summed E-state index contributed by atoms with van der Waals surface area (Å²) in [4.78, 5) is 24.9. The van der Waals surface area contributed by atoms with Gasteiger partial charge in [0.15, 0.2) is 6.61 Å². The van der Waals surface area contributed by atoms with Gasteiger partial charge in [0, 0.05) is 31.7 Å². The highest BCUT2D eigenvalue weighted by molar-refractivity contribution is 7.89. The third-order valence-electron chi connectivity index (χ3n) is 4.90. The molecule has 2 aromatic carbocycles. The lowest BCUT2D eigenvalue weighted by atomic mass is 10.1. The second-order valence-electron chi connectivity index (χ2n) is 6.82. The molecule has 158 valence electrons. The van der Waals surface area contributed by atoms with Crippen LogP contribution in [0.3, 0.4) is 0 Å². The molecule has 0 bridgehead atoms. The number of halogens is 2. The third-order valence-corrected chi connectivity index (χ3v) is 6.81. The van der Waals surface area contributed by atoms with Crippen molar-refractivity contribution in [2.75, 3.05) is 38.1 Å². The highest BCUT2D eigenvalue weighted by atomic mass is 32.2. The molecule has 0 aromatic heterocycles. The topological polar surface area (TPSA) is 96.0 Å². The number of fused-ring (bicyclic) bond motifs is 1. The van der Waals surface area contributed by atoms with E-state index in [2.05, 4.69) is 5.32 Å². The summed E-state index contributed by atoms with van der Waals surface area (Å²) in [6.07, 6.45) is 0. The normalized spacial score (nSPS) is 17.1. The highest BCUT2D eigenvalue weighted by Gasteiger charge is 2.32. The fourth-order valence-corrected chi connectivity index (χ4v) is 4.83. The molecule has 0 saturated carbocycles. The van der Waals surface area contributed by atoms with Crippen molar-refractivity contribution in [1.82, 2.24) is 9.21 Å². The summed E-state index contributed by atoms with van der Waals surface area (Å²) in [5, 5.41) is 2.63. The molecule has 30 heavy (non-hydrogen) atoms. The first-order valence-electron chi connectivity index (χ1n) is 9.07. The smallest absolute Gasteiger partial charge is 0.262 e. The molecule has 11 heteroatoms. The van der Waals surface area contributed by atoms with E-state index in [0.29, 0.717) is 23.1 Å². The van der Waals surface area contributed by atoms with Crippen LogP contribution in [0.5, 0.6) is 5.75 Å². The Kier molecular flexibility index (Phi) is 5.16. The molecular formula is C19H17F2N3O5S. The zero-order valence-electron chi connectivity index (χ0n) is 15.6. The molecule has 0 aliphatic carbocycles. The van der Waals surface area contributed by atoms with Crippen LogP contribution in [-0.2, 0) is 14.8 Å². The van der Waals surface area contributed by atoms with Crippen molar-refractivity contribution in [2.45, 2.75) is 4.90 Å². The zero-order chi connectivity index (χ0) is 21.5. The van der Waals surface area contributed by atoms with Crippen LogP contribution in [0.4, 0.5) is 14.5 Å². The van der Waals surface area contributed by atoms with E-state index >= 15 is 0 Å². The molecule has 1 saturated heterocycles. The molecule has 8 nitrogen and oxygen atoms in total. The van der Waals surface area contributed by atoms with E-state index in [1.54, 1.807) is 12.1 Å². The number of benzene rings is 2. The zero-order valence-corrected chi connectivity index (χ0v) is 16.4. The maximum atomic E-state index is 13.9. The van der Waals surface area contributed by atoms with Gasteiger partial charge in [0.25, 0.3) is 11.8 Å². The van der Waals surface area contributed by atoms with Gasteiger partial charge in [-0.1, -0.05) is 0 Å². The summed E-state index contributed by atoms with van der Waals surface area (Å²) in [5.41, 5.74) is 0.799. The van der Waals surface area contributed by atoms with Crippen LogP contribution < -0.4 is 10.1 Å². The summed E-state index contributed by atoms with van der Waals surface area (Å²) >= 11 is 0. The van der Waals surface area contributed by atoms with Crippen LogP contribution in [0.25, 0.3) is 0 Å². The minimum Gasteiger partial charge on any atom is -0.482 e. The van der Waals surface area contributed by atoms with Crippen molar-refractivity contribution in [3.63, 3.8) is 0 Å². The Morgan fingerprint density at radius 2 is 1.77 bits per heavy atom. The summed E-state index contributed by atoms with van der Waals surface area (Å²) in [6.45, 7) is -0.0752. The first kappa shape index (κ1) is 20.2. The number of amides is 2. The molecule has 2 aromatic rings. The second-order valence-corrected chi connectivity index (χ2v) is 8.73. The number of hydrogen-bond acceptors (Lipinski definition) is 5. The Morgan fingerprint density at radius 3 is 2.50 bits per heavy atom. The number of carbonyl (C=O) groups excluding carboxylic acids is 2. The number of nitrogens with zero attached hydrogens (tertiary/aromatic N) is 2. The van der Waals surface area contributed by atoms with Gasteiger partial charge < -0.3 is 15.0 Å². The number of piperazine rings is 1. The molecule has 0 atom stereocenters. The maximum Gasteiger partial charge on any atom is 0.262 e. The van der Waals surface area contributed by atoms with Crippen molar-refractivity contribution in [1.29, 1.82) is 0 Å². The van der Waals surface area contributed by atoms with Crippen LogP contribution in [0, 0.1) is 11.6 Å². The van der Waals surface area contributed by atoms with Crippen molar-refractivity contribution in [2.24, 2.45) is 0 Å². The Morgan fingerprint density at radius 1 is 1.03 bits per heavy atom. The van der Waals surface area contributed by atoms with E-state index in [1.807, 2.05) is 0 Å². The van der Waals surface area contributed by atoms with Gasteiger partial charge in [0.05, 0.1) is 5.69 Å². The SMILES string of the molecule is O=C1COc2cc(C(=O)N3CCN(S(=O)(=O)c4cc(F)ccc4F)CC3)ccc2N1. The summed E-state index contributed by atoms with van der Waals surface area (Å²) in [6, 6.07) is 6.88. The standard InChI is InChI=1S/C19H17F2N3O5S/c20-13-2-3-14(21)17(10-13)30(27,28)24-7-5-23(6-8-24)19(26)12-1-4-15-16(9-12)29-11-18(25)22-15/h1-4,9-10H,5-8,11H2,(H,22,25). The van der Waals surface area contributed by atoms with Crippen molar-refractivity contribution in [3.8, 4) is 5.75 Å². The van der Waals surface area contributed by atoms with Crippen LogP contribution in [0.15, 0.2) is 41.3 Å². The molecule has 2 heterocycles. The quantitative estimate of drug-likeness (QED) is 0.784. The van der Waals surface area contributed by atoms with Gasteiger partial charge in [0.1, 0.15) is 22.3 Å². The van der Waals surface area contributed by atoms with Crippen molar-refractivity contribution in [3.05, 3.63) is 53.6 Å². The lowest BCUT2D eigenvalue weighted by molar-refractivity contribution is -0.118. The summed E-state index contributed by atoms with van der Waals surface area (Å²) in [7, 11) is -4.23. The van der Waals surface area contributed by atoms with Gasteiger partial charge in [0.2, 0.25) is 10.0 Å². The lowest BCUT2D eigenvalue weighted by Gasteiger charge is -2.34. The molecule has 2 amide bonds. The predicted octanol–water partition coefficient (Wildman–Crippen LogP) is 1.44. The molecule has 0 spiro atoms. The maximum absolute atomic E-state index is 13.9. The number of rotatable bonds is 3. The molecule has 4 rings (SSSR count). The number of anilines is 1. The van der Waals surface area contributed by atoms with E-state index in [-0.39, 0.29) is 44.6 Å². The average Bonchev–Trinajstić information content (AvgIpc) is 2.74. The van der Waals surface area contributed by atoms with E-state index in [0.717, 1.165) is 16.4 Å². The minimum atomic E-state index is -4.23. The molecular weight excluding hydrogens is 420 g/mol. The molecule has 1 N–H and O–H groups in total. The van der Waals surface area contributed by atoms with Crippen LogP contribution >= 0.6 is 0 Å². The largest absolute Gasteiger partial charge is 0.482 e. The predicted molar refractivity (Wildman–Crippen MR) is 102 cm³/mol. The van der Waals surface area contributed by atoms with Crippen LogP contribution in [-0.4, -0.2) is 62.2 Å². The number of ether oxygens (including phenoxy) is 1.